The Morgan fingerprint density at radius 1 is 0.341 bits per heavy atom. The molecule has 0 radical (unpaired) electrons. The number of nitrogens with one attached hydrogen (secondary N) is 17. The average molecular weight is 2010 g/mol. The molecule has 0 aliphatic carbocycles. The number of carboxylic acid groups (broad SMARTS) is 3. The topological polar surface area (TPSA) is 840 Å². The van der Waals surface area contributed by atoms with Gasteiger partial charge in [-0.05, 0) is 128 Å². The Morgan fingerprint density at radius 2 is 0.638 bits per heavy atom. The molecule has 0 aliphatic heterocycles. The molecule has 0 fully saturated rings. The first kappa shape index (κ1) is 126. The molecule has 20 amide bonds. The van der Waals surface area contributed by atoms with E-state index >= 15 is 0 Å². The van der Waals surface area contributed by atoms with E-state index in [9.17, 15) is 151 Å². The lowest BCUT2D eigenvalue weighted by atomic mass is 9.84. The van der Waals surface area contributed by atoms with Crippen LogP contribution in [0.2, 0.25) is 0 Å². The minimum Gasteiger partial charge on any atom is -0.481 e. The minimum atomic E-state index is -2.18. The number of thiol groups is 1. The minimum absolute atomic E-state index is 0.0486. The first-order chi connectivity index (χ1) is 63.7. The van der Waals surface area contributed by atoms with Gasteiger partial charge in [-0.15, -0.1) is 0 Å². The summed E-state index contributed by atoms with van der Waals surface area (Å²) in [5.41, 5.74) is 15.3. The molecule has 0 spiro atoms. The van der Waals surface area contributed by atoms with Crippen LogP contribution in [0.3, 0.4) is 0 Å². The van der Waals surface area contributed by atoms with Crippen molar-refractivity contribution in [1.29, 1.82) is 0 Å². The molecule has 0 heterocycles. The van der Waals surface area contributed by atoms with Crippen LogP contribution in [0, 0.1) is 29.1 Å². The number of aliphatic carboxylic acids is 3. The number of aliphatic hydroxyl groups excluding tert-OH is 5. The maximum atomic E-state index is 14.4. The van der Waals surface area contributed by atoms with E-state index < -0.39 is 356 Å². The van der Waals surface area contributed by atoms with Crippen LogP contribution in [0.5, 0.6) is 0 Å². The Labute approximate surface area is 809 Å². The van der Waals surface area contributed by atoms with E-state index in [1.165, 1.54) is 46.5 Å². The van der Waals surface area contributed by atoms with E-state index in [4.69, 9.17) is 17.2 Å². The summed E-state index contributed by atoms with van der Waals surface area (Å²) in [6.45, 7) is 24.0. The third kappa shape index (κ3) is 44.8. The van der Waals surface area contributed by atoms with Crippen molar-refractivity contribution in [2.24, 2.45) is 46.3 Å². The van der Waals surface area contributed by atoms with Crippen molar-refractivity contribution in [2.75, 3.05) is 31.4 Å². The molecule has 138 heavy (non-hydrogen) atoms. The molecule has 0 bridgehead atoms. The van der Waals surface area contributed by atoms with Gasteiger partial charge in [0, 0.05) is 32.1 Å². The van der Waals surface area contributed by atoms with Gasteiger partial charge in [-0.2, -0.15) is 24.4 Å². The third-order valence-electron chi connectivity index (χ3n) is 21.0. The molecule has 0 aromatic heterocycles. The lowest BCUT2D eigenvalue weighted by Gasteiger charge is -2.40. The number of carbonyl (C=O) groups excluding carboxylic acids is 20. The summed E-state index contributed by atoms with van der Waals surface area (Å²) < 4.78 is 0. The van der Waals surface area contributed by atoms with Crippen LogP contribution < -0.4 is 108 Å². The number of aliphatic hydroxyl groups is 5. The SMILES string of the molecule is CSCC[C@H](NC(=O)[C@H](CCC(=O)O)NC(=O)[C@H](CCC(N)=O)NC(=O)[C@@H](NC(=O)[C@@H](NC(=O)[C@H](CO)NC(=O)[C@H](C)NC(=O)[C@H](CC(=O)O)NC(=O)[C@@H](NC(=O)[C@@H](NC(=O)[C@H](CC(C)C)NC(=O)[C@H](CS)NC(=O)[C@@H](NC(=O)[C@@H](N(C)C(=O)[C@@H](NC(=O)[C@H](C)NC(=O)[C@@H](N)CC(C)C)[C@@H](C)O)C(C)(C)C)C(C)C)[C@@H](C)O)[C@@H](C)O)C(C)C)[C@@H](C)O)C(=O)N[C@@H](C)C(=O)N[C@@H](CCC(N)=O)C(=O)O. The number of nitrogens with zero attached hydrogens (tertiary/aromatic N) is 1. The average Bonchev–Trinajstić information content (AvgIpc) is 0.799. The lowest BCUT2D eigenvalue weighted by Crippen LogP contribution is -2.64. The van der Waals surface area contributed by atoms with Crippen molar-refractivity contribution in [3.63, 3.8) is 0 Å². The Balaban J connectivity index is 6.76. The summed E-state index contributed by atoms with van der Waals surface area (Å²) in [6, 6.07) is -32.3. The lowest BCUT2D eigenvalue weighted by molar-refractivity contribution is -0.148. The summed E-state index contributed by atoms with van der Waals surface area (Å²) in [5, 5.41) is 122. The van der Waals surface area contributed by atoms with E-state index in [2.05, 4.69) is 97.7 Å². The van der Waals surface area contributed by atoms with Gasteiger partial charge in [0.05, 0.1) is 43.5 Å². The van der Waals surface area contributed by atoms with Crippen LogP contribution in [0.1, 0.15) is 189 Å². The van der Waals surface area contributed by atoms with Crippen LogP contribution in [-0.2, 0) is 110 Å². The van der Waals surface area contributed by atoms with Crippen LogP contribution in [0.4, 0.5) is 0 Å². The van der Waals surface area contributed by atoms with Crippen molar-refractivity contribution < 1.29 is 151 Å². The summed E-state index contributed by atoms with van der Waals surface area (Å²) in [5.74, 6) is -29.6. The highest BCUT2D eigenvalue weighted by atomic mass is 32.2. The molecule has 54 heteroatoms. The van der Waals surface area contributed by atoms with E-state index in [0.717, 1.165) is 39.5 Å². The Morgan fingerprint density at radius 3 is 1.02 bits per heavy atom. The first-order valence-electron chi connectivity index (χ1n) is 44.6. The zero-order valence-corrected chi connectivity index (χ0v) is 83.0. The van der Waals surface area contributed by atoms with E-state index in [1.807, 2.05) is 19.2 Å². The van der Waals surface area contributed by atoms with Gasteiger partial charge < -0.3 is 153 Å². The number of thioether (sulfide) groups is 1. The highest BCUT2D eigenvalue weighted by Crippen LogP contribution is 2.26. The Bertz CT molecular complexity index is 4230. The van der Waals surface area contributed by atoms with Gasteiger partial charge in [0.15, 0.2) is 0 Å². The highest BCUT2D eigenvalue weighted by molar-refractivity contribution is 7.98. The normalized spacial score (nSPS) is 16.5. The van der Waals surface area contributed by atoms with Gasteiger partial charge in [0.2, 0.25) is 118 Å². The van der Waals surface area contributed by atoms with Crippen LogP contribution in [0.25, 0.3) is 0 Å². The number of likely N-dealkylation sites (N-methyl/N-ethyl adjacent to an activating group) is 1. The summed E-state index contributed by atoms with van der Waals surface area (Å²) in [4.78, 5) is 310. The molecule has 0 aromatic carbocycles. The standard InChI is InChI=1S/C84H145N21O31S2/c1-34(2)29-45(85)68(120)88-40(11)67(119)104-63(44(15)110)82(134)105(19)64(84(16,17)18)81(133)100-58(36(5)6)76(128)98-53(33-137)75(127)95-50(30-35(3)4)73(125)101-62(43(14)109)80(132)103-61(42(13)108)79(131)96-51(31-57(115)116)72(124)90-39(10)66(118)97-52(32-106)74(126)99-59(37(7)8)77(129)102-60(41(12)107)78(130)93-46(21-24-54(86)111)70(122)91-47(23-26-56(113)114)71(123)92-48(27-28-138-20)69(121)89-38(9)65(117)94-49(83(135)136)22-25-55(87)112/h34-53,58-64,106-110,137H,21-33,85H2,1-20H3,(H2,86,111)(H2,87,112)(H,88,120)(H,89,121)(H,90,124)(H,91,122)(H,92,123)(H,93,130)(H,94,117)(H,95,127)(H,96,131)(H,97,118)(H,98,128)(H,99,126)(H,100,133)(H,101,125)(H,102,129)(H,103,132)(H,104,119)(H,113,114)(H,115,116)(H,135,136)/t38-,39-,40-,41+,42+,43+,44+,45-,46-,47-,48-,49-,50-,51-,52-,53-,58-,59-,60-,61-,62-,63-,64+/m0/s1. The largest absolute Gasteiger partial charge is 0.481 e. The molecule has 784 valence electrons. The zero-order valence-electron chi connectivity index (χ0n) is 81.3. The predicted molar refractivity (Wildman–Crippen MR) is 497 cm³/mol. The maximum Gasteiger partial charge on any atom is 0.326 e. The van der Waals surface area contributed by atoms with Crippen LogP contribution in [0.15, 0.2) is 0 Å². The molecule has 0 aromatic rings. The second kappa shape index (κ2) is 60.9. The van der Waals surface area contributed by atoms with Crippen molar-refractivity contribution in [2.45, 2.75) is 328 Å². The predicted octanol–water partition coefficient (Wildman–Crippen LogP) is -9.95. The summed E-state index contributed by atoms with van der Waals surface area (Å²) in [6.07, 6.45) is -10.6. The summed E-state index contributed by atoms with van der Waals surface area (Å²) >= 11 is 5.46. The van der Waals surface area contributed by atoms with Crippen molar-refractivity contribution in [1.82, 2.24) is 95.3 Å². The van der Waals surface area contributed by atoms with E-state index in [-0.39, 0.29) is 24.5 Å². The molecule has 0 unspecified atom stereocenters. The monoisotopic (exact) mass is 2010 g/mol. The van der Waals surface area contributed by atoms with Gasteiger partial charge in [0.25, 0.3) is 0 Å². The van der Waals surface area contributed by atoms with Crippen LogP contribution in [-0.4, -0.2) is 352 Å². The number of rotatable bonds is 63. The first-order valence-corrected chi connectivity index (χ1v) is 46.6. The number of hydrogen-bond acceptors (Lipinski definition) is 31. The number of primary amides is 2. The van der Waals surface area contributed by atoms with Gasteiger partial charge in [0.1, 0.15) is 109 Å². The van der Waals surface area contributed by atoms with Gasteiger partial charge in [-0.1, -0.05) is 76.2 Å². The fraction of sp³-hybridized carbons (Fsp3) is 0.726. The molecule has 0 aliphatic rings. The van der Waals surface area contributed by atoms with Gasteiger partial charge in [-0.25, -0.2) is 4.79 Å². The fourth-order valence-electron chi connectivity index (χ4n) is 13.2. The quantitative estimate of drug-likeness (QED) is 0.0251. The molecule has 52 nitrogen and oxygen atoms in total. The van der Waals surface area contributed by atoms with E-state index in [1.54, 1.807) is 54.7 Å². The Kier molecular flexibility index (Phi) is 55.7. The number of hydrogen-bond donors (Lipinski definition) is 29. The second-order valence-corrected chi connectivity index (χ2v) is 37.5. The molecular weight excluding hydrogens is 1860 g/mol. The van der Waals surface area contributed by atoms with Crippen molar-refractivity contribution in [3.8, 4) is 0 Å². The smallest absolute Gasteiger partial charge is 0.326 e. The number of carbonyl (C=O) groups is 23. The molecule has 0 saturated heterocycles. The molecule has 31 N–H and O–H groups in total. The third-order valence-corrected chi connectivity index (χ3v) is 22.0. The maximum absolute atomic E-state index is 14.4. The van der Waals surface area contributed by atoms with Crippen molar-refractivity contribution in [3.05, 3.63) is 0 Å². The van der Waals surface area contributed by atoms with E-state index in [0.29, 0.717) is 6.42 Å². The molecule has 23 atom stereocenters. The highest BCUT2D eigenvalue weighted by Gasteiger charge is 2.46. The Hall–Kier alpha value is -11.7. The zero-order chi connectivity index (χ0) is 107. The number of carboxylic acids is 3. The van der Waals surface area contributed by atoms with Gasteiger partial charge in [-0.3, -0.25) is 105 Å². The second-order valence-electron chi connectivity index (χ2n) is 36.2. The van der Waals surface area contributed by atoms with Crippen molar-refractivity contribution >= 4 is 160 Å². The number of nitrogens with two attached hydrogens (primary N) is 3. The molecular formula is C84H145N21O31S2. The fourth-order valence-corrected chi connectivity index (χ4v) is 14.0. The van der Waals surface area contributed by atoms with Gasteiger partial charge >= 0.3 is 17.9 Å². The molecule has 0 saturated carbocycles. The molecule has 0 rings (SSSR count). The van der Waals surface area contributed by atoms with Crippen LogP contribution >= 0.6 is 24.4 Å². The summed E-state index contributed by atoms with van der Waals surface area (Å²) in [7, 11) is 1.23. The number of amides is 20.